The molecule has 332 valence electrons. The molecule has 0 saturated heterocycles. The lowest BCUT2D eigenvalue weighted by atomic mass is 9.90. The van der Waals surface area contributed by atoms with Crippen molar-refractivity contribution in [2.24, 2.45) is 0 Å². The van der Waals surface area contributed by atoms with Gasteiger partial charge >= 0.3 is 0 Å². The second-order valence-corrected chi connectivity index (χ2v) is 17.1. The second-order valence-electron chi connectivity index (χ2n) is 15.9. The molecule has 12 heteroatoms. The molecular weight excluding hydrogens is 746 g/mol. The van der Waals surface area contributed by atoms with Crippen molar-refractivity contribution < 1.29 is 43.5 Å². The highest BCUT2D eigenvalue weighted by Crippen LogP contribution is 2.24. The van der Waals surface area contributed by atoms with E-state index in [2.05, 4.69) is 75.8 Å². The molecular formula is C44H88ClN5O5S. The largest absolute Gasteiger partial charge is 1.00 e. The number of nitrogens with zero attached hydrogens (tertiary/aromatic N) is 3. The first-order chi connectivity index (χ1) is 26.5. The quantitative estimate of drug-likeness (QED) is 0.0268. The molecule has 0 fully saturated rings. The van der Waals surface area contributed by atoms with Crippen LogP contribution < -0.4 is 23.0 Å². The minimum absolute atomic E-state index is 0. The molecule has 0 aromatic carbocycles. The number of unbranched alkanes of at least 4 members (excludes halogenated alkanes) is 21. The number of carbonyl (C=O) groups excluding carboxylic acids is 1. The van der Waals surface area contributed by atoms with Crippen LogP contribution in [0.3, 0.4) is 0 Å². The highest BCUT2D eigenvalue weighted by atomic mass is 35.5. The summed E-state index contributed by atoms with van der Waals surface area (Å²) in [6, 6.07) is -0.0204. The van der Waals surface area contributed by atoms with Crippen LogP contribution in [0, 0.1) is 0 Å². The third-order valence-corrected chi connectivity index (χ3v) is 11.7. The van der Waals surface area contributed by atoms with E-state index < -0.39 is 10.4 Å². The molecule has 10 nitrogen and oxygen atoms in total. The van der Waals surface area contributed by atoms with Gasteiger partial charge in [-0.25, -0.2) is 8.42 Å². The van der Waals surface area contributed by atoms with Gasteiger partial charge in [0.25, 0.3) is 5.91 Å². The van der Waals surface area contributed by atoms with Gasteiger partial charge in [0.05, 0.1) is 7.11 Å². The zero-order valence-electron chi connectivity index (χ0n) is 37.1. The van der Waals surface area contributed by atoms with Crippen LogP contribution >= 0.6 is 0 Å². The maximum atomic E-state index is 12.3. The monoisotopic (exact) mass is 834 g/mol. The zero-order valence-corrected chi connectivity index (χ0v) is 38.7. The Kier molecular flexibility index (Phi) is 37.8. The molecule has 2 atom stereocenters. The van der Waals surface area contributed by atoms with Gasteiger partial charge in [0.2, 0.25) is 23.1 Å². The summed E-state index contributed by atoms with van der Waals surface area (Å²) in [5.41, 5.74) is 0.378. The first-order valence-electron chi connectivity index (χ1n) is 22.5. The van der Waals surface area contributed by atoms with Gasteiger partial charge in [0.1, 0.15) is 38.3 Å². The molecule has 0 aromatic rings. The molecule has 0 aromatic heterocycles. The van der Waals surface area contributed by atoms with Gasteiger partial charge in [-0.2, -0.15) is 0 Å². The number of carbonyl (C=O) groups is 1. The predicted molar refractivity (Wildman–Crippen MR) is 232 cm³/mol. The molecule has 2 N–H and O–H groups in total. The van der Waals surface area contributed by atoms with Gasteiger partial charge in [-0.1, -0.05) is 168 Å². The minimum atomic E-state index is -4.41. The number of nitrogens with one attached hydrogen (secondary N) is 2. The topological polar surface area (TPSA) is 117 Å². The molecule has 0 aliphatic carbocycles. The average molecular weight is 835 g/mol. The van der Waals surface area contributed by atoms with Crippen molar-refractivity contribution >= 4 is 29.0 Å². The van der Waals surface area contributed by atoms with Crippen LogP contribution in [-0.4, -0.2) is 104 Å². The standard InChI is InChI=1S/C23H43N3O.C20H40N2.CH4O4S.ClH/c1-4-6-7-8-9-10-11-12-13-14-15-16-17-22(23(27)24-3)26-20-19-25(21-26)18-5-2;1-4-6-7-8-9-10-11-12-13-14-15-16-20(3,5-2)22-18-17-21-19-22;1-5-6(2,3)4;/h5,21-22H,2,4,6-20H2,1,3H3;19H,4-18H2,1-3H3;1H3,(H,2,3,4);1H. The Morgan fingerprint density at radius 2 is 1.30 bits per heavy atom. The minimum Gasteiger partial charge on any atom is -1.00 e. The first kappa shape index (κ1) is 56.4. The Balaban J connectivity index is 0. The summed E-state index contributed by atoms with van der Waals surface area (Å²) < 4.78 is 35.8. The van der Waals surface area contributed by atoms with Crippen LogP contribution in [0.4, 0.5) is 0 Å². The summed E-state index contributed by atoms with van der Waals surface area (Å²) in [4.78, 5) is 14.5. The van der Waals surface area contributed by atoms with Crippen LogP contribution in [0.2, 0.25) is 0 Å². The number of hydrogen-bond donors (Lipinski definition) is 2. The van der Waals surface area contributed by atoms with Crippen molar-refractivity contribution in [2.75, 3.05) is 46.9 Å². The molecule has 0 spiro atoms. The normalized spacial score (nSPS) is 15.2. The van der Waals surface area contributed by atoms with Crippen LogP contribution in [-0.2, 0) is 19.4 Å². The fourth-order valence-electron chi connectivity index (χ4n) is 7.45. The molecule has 2 rings (SSSR count). The fourth-order valence-corrected chi connectivity index (χ4v) is 7.45. The summed E-state index contributed by atoms with van der Waals surface area (Å²) in [6.07, 6.45) is 41.8. The maximum Gasteiger partial charge on any atom is 0.264 e. The second kappa shape index (κ2) is 37.6. The van der Waals surface area contributed by atoms with Crippen molar-refractivity contribution in [3.63, 3.8) is 0 Å². The molecule has 0 bridgehead atoms. The van der Waals surface area contributed by atoms with Crippen LogP contribution in [0.15, 0.2) is 12.7 Å². The van der Waals surface area contributed by atoms with Gasteiger partial charge in [-0.15, -0.1) is 0 Å². The Bertz CT molecular complexity index is 1120. The van der Waals surface area contributed by atoms with Crippen molar-refractivity contribution in [2.45, 2.75) is 206 Å². The lowest BCUT2D eigenvalue weighted by molar-refractivity contribution is -0.595. The molecule has 2 unspecified atom stereocenters. The highest BCUT2D eigenvalue weighted by molar-refractivity contribution is 7.80. The Labute approximate surface area is 352 Å². The van der Waals surface area contributed by atoms with Crippen molar-refractivity contribution in [3.05, 3.63) is 12.7 Å². The molecule has 1 amide bonds. The molecule has 0 saturated carbocycles. The summed E-state index contributed by atoms with van der Waals surface area (Å²) >= 11 is 0. The van der Waals surface area contributed by atoms with Crippen LogP contribution in [0.5, 0.6) is 0 Å². The molecule has 56 heavy (non-hydrogen) atoms. The highest BCUT2D eigenvalue weighted by Gasteiger charge is 2.32. The molecule has 2 heterocycles. The molecule has 2 aliphatic heterocycles. The van der Waals surface area contributed by atoms with Gasteiger partial charge in [0, 0.05) is 7.05 Å². The van der Waals surface area contributed by atoms with Gasteiger partial charge in [-0.3, -0.25) is 28.3 Å². The Hall–Kier alpha value is -1.69. The summed E-state index contributed by atoms with van der Waals surface area (Å²) in [5, 5.41) is 6.20. The number of amides is 1. The number of hydrogen-bond acceptors (Lipinski definition) is 7. The van der Waals surface area contributed by atoms with E-state index in [0.717, 1.165) is 46.1 Å². The van der Waals surface area contributed by atoms with E-state index in [4.69, 9.17) is 0 Å². The van der Waals surface area contributed by atoms with Gasteiger partial charge < -0.3 is 22.3 Å². The van der Waals surface area contributed by atoms with Crippen molar-refractivity contribution in [1.82, 2.24) is 15.5 Å². The van der Waals surface area contributed by atoms with E-state index in [-0.39, 0.29) is 24.4 Å². The maximum absolute atomic E-state index is 12.3. The molecule has 2 aliphatic rings. The Morgan fingerprint density at radius 1 is 0.857 bits per heavy atom. The van der Waals surface area contributed by atoms with Gasteiger partial charge in [0.15, 0.2) is 6.04 Å². The lowest BCUT2D eigenvalue weighted by Crippen LogP contribution is -3.00. The van der Waals surface area contributed by atoms with E-state index in [1.54, 1.807) is 7.05 Å². The number of halogens is 1. The van der Waals surface area contributed by atoms with E-state index in [1.165, 1.54) is 161 Å². The average Bonchev–Trinajstić information content (AvgIpc) is 3.90. The van der Waals surface area contributed by atoms with Crippen molar-refractivity contribution in [1.29, 1.82) is 0 Å². The van der Waals surface area contributed by atoms with Crippen LogP contribution in [0.1, 0.15) is 195 Å². The van der Waals surface area contributed by atoms with E-state index in [9.17, 15) is 17.8 Å². The van der Waals surface area contributed by atoms with Crippen LogP contribution in [0.25, 0.3) is 0 Å². The van der Waals surface area contributed by atoms with Crippen molar-refractivity contribution in [3.8, 4) is 0 Å². The van der Waals surface area contributed by atoms with E-state index in [1.807, 2.05) is 6.08 Å². The fraction of sp³-hybridized carbons (Fsp3) is 0.886. The first-order valence-corrected chi connectivity index (χ1v) is 23.9. The zero-order chi connectivity index (χ0) is 41.0. The summed E-state index contributed by atoms with van der Waals surface area (Å²) in [7, 11) is -1.86. The smallest absolute Gasteiger partial charge is 0.264 e. The summed E-state index contributed by atoms with van der Waals surface area (Å²) in [6.45, 7) is 18.2. The SMILES string of the molecule is C=CC[N+]1=CN(C(CCCCCCCCCCCCCC)C(=O)NC)CC1.CCCCCCCCCCCCCC(C)(CC)[N+]1=CNCC1.COS(=O)(=O)[O-].[Cl-]. The Morgan fingerprint density at radius 3 is 1.68 bits per heavy atom. The third-order valence-electron chi connectivity index (χ3n) is 11.3. The summed E-state index contributed by atoms with van der Waals surface area (Å²) in [5.74, 6) is 0.148. The van der Waals surface area contributed by atoms with E-state index >= 15 is 0 Å². The third kappa shape index (κ3) is 30.4. The lowest BCUT2D eigenvalue weighted by Gasteiger charge is -2.27. The number of rotatable bonds is 32. The van der Waals surface area contributed by atoms with Gasteiger partial charge in [-0.05, 0) is 39.0 Å². The number of likely N-dealkylation sites (N-methyl/N-ethyl adjacent to an activating group) is 1. The van der Waals surface area contributed by atoms with E-state index in [0.29, 0.717) is 5.54 Å². The predicted octanol–water partition coefficient (Wildman–Crippen LogP) is 6.33. The molecule has 0 radical (unpaired) electrons.